The number of para-hydroxylation sites is 1. The molecule has 0 fully saturated rings. The van der Waals surface area contributed by atoms with E-state index in [0.29, 0.717) is 6.42 Å². The highest BCUT2D eigenvalue weighted by molar-refractivity contribution is 5.99. The Bertz CT molecular complexity index is 1120. The van der Waals surface area contributed by atoms with Crippen molar-refractivity contribution in [2.24, 2.45) is 0 Å². The first kappa shape index (κ1) is 21.1. The first-order chi connectivity index (χ1) is 14.3. The summed E-state index contributed by atoms with van der Waals surface area (Å²) in [5.41, 5.74) is 0.219. The van der Waals surface area contributed by atoms with Crippen molar-refractivity contribution >= 4 is 23.0 Å². The van der Waals surface area contributed by atoms with Gasteiger partial charge in [0.2, 0.25) is 0 Å². The zero-order chi connectivity index (χ0) is 21.8. The number of nitrogens with one attached hydrogen (secondary N) is 3. The van der Waals surface area contributed by atoms with E-state index < -0.39 is 16.8 Å². The number of carbonyl (C=O) groups is 1. The molecule has 0 spiro atoms. The van der Waals surface area contributed by atoms with Crippen LogP contribution in [0.2, 0.25) is 0 Å². The van der Waals surface area contributed by atoms with Crippen molar-refractivity contribution in [1.82, 2.24) is 5.32 Å². The minimum absolute atomic E-state index is 0.0751. The van der Waals surface area contributed by atoms with Gasteiger partial charge in [0.25, 0.3) is 16.8 Å². The molecule has 0 aliphatic rings. The summed E-state index contributed by atoms with van der Waals surface area (Å²) in [5.74, 6) is -0.714. The molecule has 1 atom stereocenters. The monoisotopic (exact) mass is 407 g/mol. The molecule has 0 saturated heterocycles. The van der Waals surface area contributed by atoms with E-state index in [-0.39, 0.29) is 40.5 Å². The molecule has 4 N–H and O–H groups in total. The van der Waals surface area contributed by atoms with E-state index >= 15 is 0 Å². The molecule has 3 rings (SSSR count). The average Bonchev–Trinajstić information content (AvgIpc) is 2.74. The smallest absolute Gasteiger partial charge is 0.255 e. The number of aromatic hydroxyl groups is 1. The van der Waals surface area contributed by atoms with Crippen molar-refractivity contribution in [2.45, 2.75) is 39.3 Å². The minimum Gasteiger partial charge on any atom is -0.505 e. The van der Waals surface area contributed by atoms with E-state index in [0.717, 1.165) is 5.56 Å². The van der Waals surface area contributed by atoms with Gasteiger partial charge in [-0.2, -0.15) is 0 Å². The van der Waals surface area contributed by atoms with Gasteiger partial charge in [0, 0.05) is 6.04 Å². The fraction of sp³-hybridized carbons (Fsp3) is 0.261. The molecule has 30 heavy (non-hydrogen) atoms. The van der Waals surface area contributed by atoms with Crippen molar-refractivity contribution in [2.75, 3.05) is 10.6 Å². The third-order valence-electron chi connectivity index (χ3n) is 4.80. The van der Waals surface area contributed by atoms with Crippen LogP contribution in [0.15, 0.2) is 58.1 Å². The van der Waals surface area contributed by atoms with Gasteiger partial charge in [0.15, 0.2) is 5.75 Å². The standard InChI is InChI=1S/C23H25N3O4/c1-4-16(14-9-6-5-7-10-14)25-18-19(22(29)21(18)28)26-17-12-8-11-15(20(17)27)23(30)24-13(2)3/h5-13,16,25-27H,4H2,1-3H3,(H,24,30)/t16-/m1/s1. The van der Waals surface area contributed by atoms with E-state index in [1.807, 2.05) is 51.1 Å². The lowest BCUT2D eigenvalue weighted by Crippen LogP contribution is -2.37. The molecule has 0 radical (unpaired) electrons. The normalized spacial score (nSPS) is 12.0. The third-order valence-corrected chi connectivity index (χ3v) is 4.80. The second-order valence-electron chi connectivity index (χ2n) is 7.38. The van der Waals surface area contributed by atoms with Crippen LogP contribution in [0.5, 0.6) is 5.75 Å². The Hall–Kier alpha value is -3.61. The maximum atomic E-state index is 12.3. The van der Waals surface area contributed by atoms with Crippen LogP contribution in [0.4, 0.5) is 17.1 Å². The van der Waals surface area contributed by atoms with Gasteiger partial charge in [0.05, 0.1) is 17.3 Å². The number of phenolic OH excluding ortho intramolecular Hbond substituents is 1. The summed E-state index contributed by atoms with van der Waals surface area (Å²) in [6.07, 6.45) is 0.707. The Labute approximate surface area is 174 Å². The lowest BCUT2D eigenvalue weighted by Gasteiger charge is -2.22. The summed E-state index contributed by atoms with van der Waals surface area (Å²) in [5, 5.41) is 19.2. The maximum Gasteiger partial charge on any atom is 0.255 e. The van der Waals surface area contributed by atoms with Gasteiger partial charge >= 0.3 is 0 Å². The highest BCUT2D eigenvalue weighted by Gasteiger charge is 2.25. The molecule has 7 heteroatoms. The number of hydrogen-bond acceptors (Lipinski definition) is 6. The molecule has 0 aromatic heterocycles. The number of hydrogen-bond donors (Lipinski definition) is 4. The van der Waals surface area contributed by atoms with Crippen molar-refractivity contribution < 1.29 is 9.90 Å². The molecule has 3 aromatic carbocycles. The highest BCUT2D eigenvalue weighted by Crippen LogP contribution is 2.32. The van der Waals surface area contributed by atoms with Crippen LogP contribution >= 0.6 is 0 Å². The van der Waals surface area contributed by atoms with Crippen LogP contribution in [0.25, 0.3) is 0 Å². The SMILES string of the molecule is CC[C@@H](Nc1c(Nc2cccc(C(=O)NC(C)C)c2O)c(=O)c1=O)c1ccccc1. The van der Waals surface area contributed by atoms with Crippen LogP contribution in [0.3, 0.4) is 0 Å². The lowest BCUT2D eigenvalue weighted by atomic mass is 10.0. The van der Waals surface area contributed by atoms with Gasteiger partial charge in [-0.05, 0) is 38.0 Å². The molecule has 0 unspecified atom stereocenters. The Morgan fingerprint density at radius 3 is 2.27 bits per heavy atom. The Kier molecular flexibility index (Phi) is 6.20. The van der Waals surface area contributed by atoms with E-state index in [1.54, 1.807) is 6.07 Å². The summed E-state index contributed by atoms with van der Waals surface area (Å²) in [4.78, 5) is 36.7. The topological polar surface area (TPSA) is 108 Å². The van der Waals surface area contributed by atoms with Crippen molar-refractivity contribution in [1.29, 1.82) is 0 Å². The number of rotatable bonds is 8. The molecule has 0 saturated carbocycles. The van der Waals surface area contributed by atoms with Crippen LogP contribution in [-0.4, -0.2) is 17.1 Å². The second kappa shape index (κ2) is 8.82. The van der Waals surface area contributed by atoms with Crippen LogP contribution in [0.1, 0.15) is 49.2 Å². The van der Waals surface area contributed by atoms with Crippen molar-refractivity contribution in [3.63, 3.8) is 0 Å². The zero-order valence-electron chi connectivity index (χ0n) is 17.2. The quantitative estimate of drug-likeness (QED) is 0.337. The minimum atomic E-state index is -0.670. The maximum absolute atomic E-state index is 12.3. The lowest BCUT2D eigenvalue weighted by molar-refractivity contribution is 0.0940. The van der Waals surface area contributed by atoms with Crippen LogP contribution in [0, 0.1) is 0 Å². The summed E-state index contributed by atoms with van der Waals surface area (Å²) in [6.45, 7) is 5.61. The van der Waals surface area contributed by atoms with Crippen molar-refractivity contribution in [3.05, 3.63) is 80.1 Å². The Balaban J connectivity index is 1.87. The first-order valence-electron chi connectivity index (χ1n) is 9.88. The average molecular weight is 407 g/mol. The van der Waals surface area contributed by atoms with Crippen LogP contribution in [-0.2, 0) is 0 Å². The van der Waals surface area contributed by atoms with Gasteiger partial charge in [-0.3, -0.25) is 14.4 Å². The summed E-state index contributed by atoms with van der Waals surface area (Å²) < 4.78 is 0. The third kappa shape index (κ3) is 4.20. The molecule has 0 aliphatic heterocycles. The molecule has 0 aliphatic carbocycles. The zero-order valence-corrected chi connectivity index (χ0v) is 17.2. The fourth-order valence-electron chi connectivity index (χ4n) is 3.23. The van der Waals surface area contributed by atoms with Gasteiger partial charge in [-0.1, -0.05) is 43.3 Å². The fourth-order valence-corrected chi connectivity index (χ4v) is 3.23. The van der Waals surface area contributed by atoms with E-state index in [9.17, 15) is 19.5 Å². The highest BCUT2D eigenvalue weighted by atomic mass is 16.3. The number of carbonyl (C=O) groups excluding carboxylic acids is 1. The van der Waals surface area contributed by atoms with E-state index in [2.05, 4.69) is 16.0 Å². The van der Waals surface area contributed by atoms with Gasteiger partial charge in [0.1, 0.15) is 11.4 Å². The summed E-state index contributed by atoms with van der Waals surface area (Å²) >= 11 is 0. The summed E-state index contributed by atoms with van der Waals surface area (Å²) in [6, 6.07) is 14.0. The Morgan fingerprint density at radius 1 is 0.967 bits per heavy atom. The van der Waals surface area contributed by atoms with Crippen LogP contribution < -0.4 is 26.8 Å². The van der Waals surface area contributed by atoms with E-state index in [1.165, 1.54) is 12.1 Å². The largest absolute Gasteiger partial charge is 0.505 e. The number of anilines is 3. The Morgan fingerprint density at radius 2 is 1.63 bits per heavy atom. The van der Waals surface area contributed by atoms with E-state index in [4.69, 9.17) is 0 Å². The molecule has 0 heterocycles. The molecule has 7 nitrogen and oxygen atoms in total. The predicted molar refractivity (Wildman–Crippen MR) is 118 cm³/mol. The molecule has 1 amide bonds. The van der Waals surface area contributed by atoms with Gasteiger partial charge in [-0.25, -0.2) is 0 Å². The molecule has 0 bridgehead atoms. The predicted octanol–water partition coefficient (Wildman–Crippen LogP) is 3.43. The first-order valence-corrected chi connectivity index (χ1v) is 9.88. The van der Waals surface area contributed by atoms with Gasteiger partial charge in [-0.15, -0.1) is 0 Å². The number of phenols is 1. The summed E-state index contributed by atoms with van der Waals surface area (Å²) in [7, 11) is 0. The van der Waals surface area contributed by atoms with Crippen molar-refractivity contribution in [3.8, 4) is 5.75 Å². The molecule has 3 aromatic rings. The number of amides is 1. The van der Waals surface area contributed by atoms with Gasteiger partial charge < -0.3 is 21.1 Å². The molecule has 156 valence electrons. The number of benzene rings is 2. The molecular weight excluding hydrogens is 382 g/mol. The second-order valence-corrected chi connectivity index (χ2v) is 7.38. The molecular formula is C23H25N3O4.